The highest BCUT2D eigenvalue weighted by Crippen LogP contribution is 2.31. The zero-order valence-electron chi connectivity index (χ0n) is 13.9. The van der Waals surface area contributed by atoms with Crippen LogP contribution in [0, 0.1) is 5.92 Å². The van der Waals surface area contributed by atoms with Crippen molar-refractivity contribution in [2.24, 2.45) is 5.92 Å². The number of Topliss-reactive ketones (excluding diaryl/α,β-unsaturated/α-hetero) is 1. The fraction of sp³-hybridized carbons (Fsp3) is 0.444. The number of hydrogen-bond acceptors (Lipinski definition) is 4. The first-order valence-electron chi connectivity index (χ1n) is 8.38. The maximum Gasteiger partial charge on any atom is 0.334 e. The second kappa shape index (κ2) is 7.07. The van der Waals surface area contributed by atoms with Gasteiger partial charge in [0, 0.05) is 16.1 Å². The Balaban J connectivity index is 1.77. The number of ketones is 1. The van der Waals surface area contributed by atoms with E-state index < -0.39 is 24.4 Å². The van der Waals surface area contributed by atoms with Gasteiger partial charge in [0.05, 0.1) is 6.54 Å². The molecule has 1 aromatic rings. The first kappa shape index (κ1) is 17.8. The van der Waals surface area contributed by atoms with Crippen molar-refractivity contribution in [3.8, 4) is 0 Å². The zero-order chi connectivity index (χ0) is 18.1. The number of halogens is 1. The zero-order valence-corrected chi connectivity index (χ0v) is 15.5. The summed E-state index contributed by atoms with van der Waals surface area (Å²) < 4.78 is 0.824. The highest BCUT2D eigenvalue weighted by Gasteiger charge is 2.49. The number of benzene rings is 1. The van der Waals surface area contributed by atoms with Crippen LogP contribution in [-0.2, 0) is 9.59 Å². The molecule has 2 aliphatic rings. The molecule has 1 saturated carbocycles. The molecule has 25 heavy (non-hydrogen) atoms. The summed E-state index contributed by atoms with van der Waals surface area (Å²) in [6.07, 6.45) is 3.62. The Labute approximate surface area is 154 Å². The molecule has 1 aliphatic heterocycles. The van der Waals surface area contributed by atoms with Gasteiger partial charge in [0.1, 0.15) is 0 Å². The lowest BCUT2D eigenvalue weighted by Crippen LogP contribution is -2.46. The van der Waals surface area contributed by atoms with Gasteiger partial charge in [0.15, 0.2) is 5.78 Å². The predicted octanol–water partition coefficient (Wildman–Crippen LogP) is 3.00. The minimum Gasteiger partial charge on any atom is -0.292 e. The van der Waals surface area contributed by atoms with Crippen molar-refractivity contribution in [1.29, 1.82) is 0 Å². The largest absolute Gasteiger partial charge is 0.334 e. The van der Waals surface area contributed by atoms with Crippen molar-refractivity contribution in [2.75, 3.05) is 6.54 Å². The van der Waals surface area contributed by atoms with E-state index in [4.69, 9.17) is 0 Å². The third-order valence-corrected chi connectivity index (χ3v) is 5.48. The smallest absolute Gasteiger partial charge is 0.292 e. The maximum absolute atomic E-state index is 12.6. The second-order valence-corrected chi connectivity index (χ2v) is 7.52. The van der Waals surface area contributed by atoms with Crippen LogP contribution in [0.25, 0.3) is 0 Å². The molecule has 0 N–H and O–H groups in total. The van der Waals surface area contributed by atoms with Crippen LogP contribution in [0.5, 0.6) is 0 Å². The maximum atomic E-state index is 12.6. The molecule has 1 saturated heterocycles. The van der Waals surface area contributed by atoms with E-state index in [0.717, 1.165) is 33.5 Å². The van der Waals surface area contributed by atoms with Gasteiger partial charge in [-0.1, -0.05) is 47.8 Å². The van der Waals surface area contributed by atoms with E-state index in [2.05, 4.69) is 15.9 Å². The van der Waals surface area contributed by atoms with E-state index in [-0.39, 0.29) is 17.7 Å². The minimum absolute atomic E-state index is 0.163. The van der Waals surface area contributed by atoms with Gasteiger partial charge in [-0.15, -0.1) is 0 Å². The fourth-order valence-corrected chi connectivity index (χ4v) is 3.77. The second-order valence-electron chi connectivity index (χ2n) is 6.61. The van der Waals surface area contributed by atoms with Gasteiger partial charge < -0.3 is 0 Å². The van der Waals surface area contributed by atoms with E-state index in [1.165, 1.54) is 0 Å². The SMILES string of the molecule is C[C@@H]1CCCC[C@H]1N1C(=O)C(=O)N(CC(=O)c2ccc(Br)cc2)C1=O. The molecule has 132 valence electrons. The van der Waals surface area contributed by atoms with Gasteiger partial charge in [0.25, 0.3) is 0 Å². The number of rotatable bonds is 4. The van der Waals surface area contributed by atoms with E-state index >= 15 is 0 Å². The number of hydrogen-bond donors (Lipinski definition) is 0. The summed E-state index contributed by atoms with van der Waals surface area (Å²) in [5.41, 5.74) is 0.390. The van der Waals surface area contributed by atoms with Crippen LogP contribution in [0.4, 0.5) is 4.79 Å². The van der Waals surface area contributed by atoms with Crippen LogP contribution in [0.15, 0.2) is 28.7 Å². The standard InChI is InChI=1S/C18H19BrN2O4/c1-11-4-2-3-5-14(11)21-17(24)16(23)20(18(21)25)10-15(22)12-6-8-13(19)9-7-12/h6-9,11,14H,2-5,10H2,1H3/t11-,14-/m1/s1. The molecular weight excluding hydrogens is 388 g/mol. The van der Waals surface area contributed by atoms with Crippen LogP contribution in [-0.4, -0.2) is 46.0 Å². The molecule has 2 fully saturated rings. The van der Waals surface area contributed by atoms with E-state index in [9.17, 15) is 19.2 Å². The van der Waals surface area contributed by atoms with E-state index in [1.54, 1.807) is 24.3 Å². The summed E-state index contributed by atoms with van der Waals surface area (Å²) in [5.74, 6) is -1.93. The van der Waals surface area contributed by atoms with Crippen molar-refractivity contribution < 1.29 is 19.2 Å². The Morgan fingerprint density at radius 2 is 1.72 bits per heavy atom. The number of urea groups is 1. The quantitative estimate of drug-likeness (QED) is 0.437. The van der Waals surface area contributed by atoms with Gasteiger partial charge in [-0.2, -0.15) is 0 Å². The molecule has 2 atom stereocenters. The molecule has 1 aliphatic carbocycles. The monoisotopic (exact) mass is 406 g/mol. The van der Waals surface area contributed by atoms with Crippen LogP contribution in [0.3, 0.4) is 0 Å². The van der Waals surface area contributed by atoms with Gasteiger partial charge in [-0.25, -0.2) is 9.69 Å². The number of amides is 4. The molecule has 1 aromatic carbocycles. The normalized spacial score (nSPS) is 24.2. The average Bonchev–Trinajstić information content (AvgIpc) is 2.80. The highest BCUT2D eigenvalue weighted by molar-refractivity contribution is 9.10. The summed E-state index contributed by atoms with van der Waals surface area (Å²) in [6.45, 7) is 1.58. The molecule has 0 bridgehead atoms. The molecule has 0 aromatic heterocycles. The number of carbonyl (C=O) groups excluding carboxylic acids is 4. The highest BCUT2D eigenvalue weighted by atomic mass is 79.9. The molecule has 6 nitrogen and oxygen atoms in total. The Morgan fingerprint density at radius 3 is 2.36 bits per heavy atom. The molecule has 0 radical (unpaired) electrons. The number of nitrogens with zero attached hydrogens (tertiary/aromatic N) is 2. The Hall–Kier alpha value is -2.02. The first-order chi connectivity index (χ1) is 11.9. The van der Waals surface area contributed by atoms with E-state index in [1.807, 2.05) is 6.92 Å². The van der Waals surface area contributed by atoms with Gasteiger partial charge >= 0.3 is 17.8 Å². The number of imide groups is 2. The number of carbonyl (C=O) groups is 4. The van der Waals surface area contributed by atoms with E-state index in [0.29, 0.717) is 12.0 Å². The first-order valence-corrected chi connectivity index (χ1v) is 9.17. The molecule has 7 heteroatoms. The molecule has 1 heterocycles. The van der Waals surface area contributed by atoms with Crippen molar-refractivity contribution >= 4 is 39.6 Å². The third kappa shape index (κ3) is 3.38. The summed E-state index contributed by atoms with van der Waals surface area (Å²) in [5, 5.41) is 0. The van der Waals surface area contributed by atoms with Crippen LogP contribution in [0.2, 0.25) is 0 Å². The van der Waals surface area contributed by atoms with Crippen molar-refractivity contribution in [3.63, 3.8) is 0 Å². The third-order valence-electron chi connectivity index (χ3n) is 4.95. The minimum atomic E-state index is -0.909. The lowest BCUT2D eigenvalue weighted by Gasteiger charge is -2.34. The van der Waals surface area contributed by atoms with Crippen molar-refractivity contribution in [1.82, 2.24) is 9.80 Å². The Bertz CT molecular complexity index is 731. The fourth-order valence-electron chi connectivity index (χ4n) is 3.51. The molecule has 4 amide bonds. The molecule has 3 rings (SSSR count). The Kier molecular flexibility index (Phi) is 5.03. The molecule has 0 unspecified atom stereocenters. The topological polar surface area (TPSA) is 74.8 Å². The summed E-state index contributed by atoms with van der Waals surface area (Å²) in [6, 6.07) is 5.72. The van der Waals surface area contributed by atoms with Gasteiger partial charge in [-0.3, -0.25) is 19.3 Å². The van der Waals surface area contributed by atoms with Gasteiger partial charge in [0.2, 0.25) is 0 Å². The molecular formula is C18H19BrN2O4. The van der Waals surface area contributed by atoms with Crippen LogP contribution < -0.4 is 0 Å². The summed E-state index contributed by atoms with van der Waals surface area (Å²) in [4.78, 5) is 51.4. The lowest BCUT2D eigenvalue weighted by molar-refractivity contribution is -0.144. The van der Waals surface area contributed by atoms with Crippen LogP contribution in [0.1, 0.15) is 43.0 Å². The van der Waals surface area contributed by atoms with Crippen molar-refractivity contribution in [3.05, 3.63) is 34.3 Å². The van der Waals surface area contributed by atoms with Crippen LogP contribution >= 0.6 is 15.9 Å². The molecule has 0 spiro atoms. The predicted molar refractivity (Wildman–Crippen MR) is 93.8 cm³/mol. The Morgan fingerprint density at radius 1 is 1.08 bits per heavy atom. The lowest BCUT2D eigenvalue weighted by atomic mass is 9.85. The van der Waals surface area contributed by atoms with Crippen molar-refractivity contribution in [2.45, 2.75) is 38.6 Å². The summed E-state index contributed by atoms with van der Waals surface area (Å²) in [7, 11) is 0. The van der Waals surface area contributed by atoms with Gasteiger partial charge in [-0.05, 0) is 30.9 Å². The average molecular weight is 407 g/mol. The summed E-state index contributed by atoms with van der Waals surface area (Å²) >= 11 is 3.29.